The SMILES string of the molecule is COc1ccc(CC(=O)CN2CCc3cc(OC)c(OC)cc3C2)c(C)c1. The van der Waals surface area contributed by atoms with Crippen LogP contribution in [0.2, 0.25) is 0 Å². The summed E-state index contributed by atoms with van der Waals surface area (Å²) >= 11 is 0. The second-order valence-corrected chi connectivity index (χ2v) is 6.94. The van der Waals surface area contributed by atoms with E-state index in [4.69, 9.17) is 14.2 Å². The maximum atomic E-state index is 12.6. The topological polar surface area (TPSA) is 48.0 Å². The molecule has 5 heteroatoms. The van der Waals surface area contributed by atoms with E-state index in [9.17, 15) is 4.79 Å². The number of Topliss-reactive ketones (excluding diaryl/α,β-unsaturated/α-hetero) is 1. The van der Waals surface area contributed by atoms with Crippen molar-refractivity contribution in [2.45, 2.75) is 26.3 Å². The van der Waals surface area contributed by atoms with Crippen LogP contribution in [0, 0.1) is 6.92 Å². The third-order valence-electron chi connectivity index (χ3n) is 5.13. The van der Waals surface area contributed by atoms with Gasteiger partial charge in [0, 0.05) is 19.5 Å². The zero-order valence-corrected chi connectivity index (χ0v) is 16.5. The maximum absolute atomic E-state index is 12.6. The molecule has 0 radical (unpaired) electrons. The summed E-state index contributed by atoms with van der Waals surface area (Å²) in [5.74, 6) is 2.54. The molecular formula is C22H27NO4. The molecule has 0 bridgehead atoms. The first-order valence-corrected chi connectivity index (χ1v) is 9.15. The van der Waals surface area contributed by atoms with Crippen molar-refractivity contribution in [3.63, 3.8) is 0 Å². The van der Waals surface area contributed by atoms with Crippen LogP contribution in [0.4, 0.5) is 0 Å². The van der Waals surface area contributed by atoms with Crippen LogP contribution in [-0.4, -0.2) is 45.1 Å². The summed E-state index contributed by atoms with van der Waals surface area (Å²) in [4.78, 5) is 14.8. The van der Waals surface area contributed by atoms with Gasteiger partial charge in [0.05, 0.1) is 27.9 Å². The Morgan fingerprint density at radius 2 is 1.70 bits per heavy atom. The zero-order valence-electron chi connectivity index (χ0n) is 16.5. The molecule has 1 heterocycles. The van der Waals surface area contributed by atoms with Crippen molar-refractivity contribution in [3.8, 4) is 17.2 Å². The van der Waals surface area contributed by atoms with E-state index in [0.29, 0.717) is 13.0 Å². The molecule has 0 aliphatic carbocycles. The van der Waals surface area contributed by atoms with Crippen LogP contribution in [0.3, 0.4) is 0 Å². The zero-order chi connectivity index (χ0) is 19.4. The molecule has 0 aromatic heterocycles. The standard InChI is InChI=1S/C22H27NO4/c1-15-9-20(25-2)6-5-16(15)10-19(24)14-23-8-7-17-11-21(26-3)22(27-4)12-18(17)13-23/h5-6,9,11-12H,7-8,10,13-14H2,1-4H3. The number of methoxy groups -OCH3 is 3. The molecule has 1 aliphatic rings. The van der Waals surface area contributed by atoms with Gasteiger partial charge < -0.3 is 14.2 Å². The van der Waals surface area contributed by atoms with Crippen LogP contribution in [0.5, 0.6) is 17.2 Å². The summed E-state index contributed by atoms with van der Waals surface area (Å²) in [6.45, 7) is 4.10. The molecule has 0 spiro atoms. The van der Waals surface area contributed by atoms with Gasteiger partial charge in [0.2, 0.25) is 0 Å². The van der Waals surface area contributed by atoms with E-state index in [-0.39, 0.29) is 5.78 Å². The molecule has 0 atom stereocenters. The summed E-state index contributed by atoms with van der Waals surface area (Å²) in [5.41, 5.74) is 4.61. The molecule has 0 unspecified atom stereocenters. The number of hydrogen-bond donors (Lipinski definition) is 0. The van der Waals surface area contributed by atoms with Gasteiger partial charge in [-0.1, -0.05) is 6.07 Å². The summed E-state index contributed by atoms with van der Waals surface area (Å²) < 4.78 is 16.0. The van der Waals surface area contributed by atoms with Crippen molar-refractivity contribution in [1.29, 1.82) is 0 Å². The highest BCUT2D eigenvalue weighted by atomic mass is 16.5. The van der Waals surface area contributed by atoms with E-state index in [1.165, 1.54) is 11.1 Å². The van der Waals surface area contributed by atoms with Gasteiger partial charge in [-0.2, -0.15) is 0 Å². The third kappa shape index (κ3) is 4.42. The molecule has 2 aromatic rings. The van der Waals surface area contributed by atoms with E-state index >= 15 is 0 Å². The Balaban J connectivity index is 1.65. The first-order chi connectivity index (χ1) is 13.0. The number of nitrogens with zero attached hydrogens (tertiary/aromatic N) is 1. The highest BCUT2D eigenvalue weighted by Crippen LogP contribution is 2.33. The van der Waals surface area contributed by atoms with E-state index in [1.807, 2.05) is 37.3 Å². The predicted molar refractivity (Wildman–Crippen MR) is 105 cm³/mol. The van der Waals surface area contributed by atoms with Crippen LogP contribution in [0.25, 0.3) is 0 Å². The van der Waals surface area contributed by atoms with E-state index in [0.717, 1.165) is 47.9 Å². The fourth-order valence-corrected chi connectivity index (χ4v) is 3.59. The number of fused-ring (bicyclic) bond motifs is 1. The van der Waals surface area contributed by atoms with Gasteiger partial charge in [0.1, 0.15) is 5.75 Å². The largest absolute Gasteiger partial charge is 0.497 e. The van der Waals surface area contributed by atoms with Gasteiger partial charge >= 0.3 is 0 Å². The Bertz CT molecular complexity index is 831. The summed E-state index contributed by atoms with van der Waals surface area (Å²) in [6, 6.07) is 9.94. The lowest BCUT2D eigenvalue weighted by Gasteiger charge is -2.29. The highest BCUT2D eigenvalue weighted by molar-refractivity contribution is 5.83. The summed E-state index contributed by atoms with van der Waals surface area (Å²) in [6.07, 6.45) is 1.36. The van der Waals surface area contributed by atoms with Crippen molar-refractivity contribution < 1.29 is 19.0 Å². The molecule has 1 aliphatic heterocycles. The summed E-state index contributed by atoms with van der Waals surface area (Å²) in [7, 11) is 4.95. The number of ether oxygens (including phenoxy) is 3. The van der Waals surface area contributed by atoms with Crippen molar-refractivity contribution in [3.05, 3.63) is 52.6 Å². The van der Waals surface area contributed by atoms with Crippen LogP contribution in [-0.2, 0) is 24.2 Å². The first kappa shape index (κ1) is 19.2. The fraction of sp³-hybridized carbons (Fsp3) is 0.409. The second kappa shape index (κ2) is 8.44. The van der Waals surface area contributed by atoms with Crippen LogP contribution >= 0.6 is 0 Å². The van der Waals surface area contributed by atoms with Crippen LogP contribution in [0.15, 0.2) is 30.3 Å². The Hall–Kier alpha value is -2.53. The number of carbonyl (C=O) groups is 1. The quantitative estimate of drug-likeness (QED) is 0.750. The smallest absolute Gasteiger partial charge is 0.161 e. The van der Waals surface area contributed by atoms with Gasteiger partial charge in [0.15, 0.2) is 17.3 Å². The average Bonchev–Trinajstić information content (AvgIpc) is 2.68. The number of hydrogen-bond acceptors (Lipinski definition) is 5. The predicted octanol–water partition coefficient (Wildman–Crippen LogP) is 3.19. The van der Waals surface area contributed by atoms with Crippen LogP contribution < -0.4 is 14.2 Å². The Labute approximate surface area is 160 Å². The molecule has 0 saturated heterocycles. The molecule has 0 saturated carbocycles. The molecule has 27 heavy (non-hydrogen) atoms. The minimum absolute atomic E-state index is 0.229. The van der Waals surface area contributed by atoms with Gasteiger partial charge in [-0.05, 0) is 59.9 Å². The van der Waals surface area contributed by atoms with Crippen molar-refractivity contribution in [2.24, 2.45) is 0 Å². The monoisotopic (exact) mass is 369 g/mol. The molecule has 0 amide bonds. The molecule has 144 valence electrons. The van der Waals surface area contributed by atoms with Crippen molar-refractivity contribution in [2.75, 3.05) is 34.4 Å². The van der Waals surface area contributed by atoms with E-state index < -0.39 is 0 Å². The lowest BCUT2D eigenvalue weighted by atomic mass is 9.98. The highest BCUT2D eigenvalue weighted by Gasteiger charge is 2.21. The van der Waals surface area contributed by atoms with Gasteiger partial charge in [-0.3, -0.25) is 9.69 Å². The molecule has 3 rings (SSSR count). The van der Waals surface area contributed by atoms with Crippen LogP contribution in [0.1, 0.15) is 22.3 Å². The second-order valence-electron chi connectivity index (χ2n) is 6.94. The number of benzene rings is 2. The Kier molecular flexibility index (Phi) is 6.01. The molecule has 0 N–H and O–H groups in total. The van der Waals surface area contributed by atoms with E-state index in [2.05, 4.69) is 4.90 Å². The fourth-order valence-electron chi connectivity index (χ4n) is 3.59. The van der Waals surface area contributed by atoms with Gasteiger partial charge in [0.25, 0.3) is 0 Å². The van der Waals surface area contributed by atoms with Crippen molar-refractivity contribution in [1.82, 2.24) is 4.90 Å². The Morgan fingerprint density at radius 1 is 1.00 bits per heavy atom. The number of rotatable bonds is 7. The lowest BCUT2D eigenvalue weighted by Crippen LogP contribution is -2.35. The average molecular weight is 369 g/mol. The molecule has 5 nitrogen and oxygen atoms in total. The minimum atomic E-state index is 0.229. The number of carbonyl (C=O) groups excluding carboxylic acids is 1. The molecule has 2 aromatic carbocycles. The normalized spacial score (nSPS) is 13.8. The van der Waals surface area contributed by atoms with Gasteiger partial charge in [-0.15, -0.1) is 0 Å². The molecule has 0 fully saturated rings. The van der Waals surface area contributed by atoms with E-state index in [1.54, 1.807) is 21.3 Å². The Morgan fingerprint density at radius 3 is 2.33 bits per heavy atom. The van der Waals surface area contributed by atoms with Gasteiger partial charge in [-0.25, -0.2) is 0 Å². The summed E-state index contributed by atoms with van der Waals surface area (Å²) in [5, 5.41) is 0. The number of aryl methyl sites for hydroxylation is 1. The first-order valence-electron chi connectivity index (χ1n) is 9.15. The molecular weight excluding hydrogens is 342 g/mol. The maximum Gasteiger partial charge on any atom is 0.161 e. The lowest BCUT2D eigenvalue weighted by molar-refractivity contribution is -0.119. The van der Waals surface area contributed by atoms with Crippen molar-refractivity contribution >= 4 is 5.78 Å². The minimum Gasteiger partial charge on any atom is -0.497 e. The third-order valence-corrected chi connectivity index (χ3v) is 5.13. The number of ketones is 1.